The molecule has 4 rings (SSSR count). The van der Waals surface area contributed by atoms with Crippen molar-refractivity contribution in [1.82, 2.24) is 4.98 Å². The van der Waals surface area contributed by atoms with Crippen LogP contribution in [0.1, 0.15) is 0 Å². The molecule has 0 atom stereocenters. The van der Waals surface area contributed by atoms with Crippen molar-refractivity contribution < 1.29 is 9.15 Å². The second-order valence-electron chi connectivity index (χ2n) is 5.44. The molecule has 1 heterocycles. The van der Waals surface area contributed by atoms with Gasteiger partial charge in [-0.2, -0.15) is 0 Å². The number of ether oxygens (including phenoxy) is 1. The molecule has 2 N–H and O–H groups in total. The van der Waals surface area contributed by atoms with Gasteiger partial charge < -0.3 is 14.9 Å². The van der Waals surface area contributed by atoms with Crippen molar-refractivity contribution in [3.8, 4) is 17.2 Å². The van der Waals surface area contributed by atoms with Crippen molar-refractivity contribution in [2.24, 2.45) is 0 Å². The van der Waals surface area contributed by atoms with E-state index in [0.717, 1.165) is 25.3 Å². The number of hydrogen-bond donors (Lipinski definition) is 1. The van der Waals surface area contributed by atoms with Gasteiger partial charge in [-0.15, -0.1) is 0 Å². The van der Waals surface area contributed by atoms with Crippen LogP contribution in [0.2, 0.25) is 0 Å². The topological polar surface area (TPSA) is 61.3 Å². The summed E-state index contributed by atoms with van der Waals surface area (Å²) in [5.74, 6) is 1.14. The Morgan fingerprint density at radius 3 is 2.60 bits per heavy atom. The Kier molecular flexibility index (Phi) is 4.25. The Bertz CT molecular complexity index is 1140. The average Bonchev–Trinajstić information content (AvgIpc) is 3.03. The molecule has 0 radical (unpaired) electrons. The lowest BCUT2D eigenvalue weighted by atomic mass is 10.1. The highest BCUT2D eigenvalue weighted by atomic mass is 79.9. The smallest absolute Gasteiger partial charge is 0.231 e. The number of nitrogen functional groups attached to an aromatic ring is 1. The number of nitrogens with zero attached hydrogens (tertiary/aromatic N) is 1. The zero-order chi connectivity index (χ0) is 17.7. The molecule has 25 heavy (non-hydrogen) atoms. The second-order valence-corrected chi connectivity index (χ2v) is 7.88. The minimum absolute atomic E-state index is 0.469. The highest BCUT2D eigenvalue weighted by molar-refractivity contribution is 9.11. The van der Waals surface area contributed by atoms with Gasteiger partial charge in [-0.25, -0.2) is 4.98 Å². The summed E-state index contributed by atoms with van der Waals surface area (Å²) in [6.07, 6.45) is 0. The van der Waals surface area contributed by atoms with Gasteiger partial charge >= 0.3 is 0 Å². The summed E-state index contributed by atoms with van der Waals surface area (Å²) in [5.41, 5.74) is 8.70. The summed E-state index contributed by atoms with van der Waals surface area (Å²) in [7, 11) is 1.63. The van der Waals surface area contributed by atoms with Crippen LogP contribution >= 0.6 is 47.8 Å². The monoisotopic (exact) mass is 524 g/mol. The lowest BCUT2D eigenvalue weighted by molar-refractivity contribution is 0.413. The first-order chi connectivity index (χ1) is 12.0. The third kappa shape index (κ3) is 2.65. The lowest BCUT2D eigenvalue weighted by Gasteiger charge is -2.11. The lowest BCUT2D eigenvalue weighted by Crippen LogP contribution is -1.91. The molecule has 0 amide bonds. The van der Waals surface area contributed by atoms with Gasteiger partial charge in [-0.3, -0.25) is 0 Å². The first-order valence-corrected chi connectivity index (χ1v) is 9.68. The Balaban J connectivity index is 2.04. The molecule has 0 spiro atoms. The minimum Gasteiger partial charge on any atom is -0.495 e. The van der Waals surface area contributed by atoms with Gasteiger partial charge in [0.05, 0.1) is 27.3 Å². The number of anilines is 1. The zero-order valence-corrected chi connectivity index (χ0v) is 17.7. The van der Waals surface area contributed by atoms with Crippen LogP contribution in [0.3, 0.4) is 0 Å². The van der Waals surface area contributed by atoms with E-state index in [2.05, 4.69) is 52.8 Å². The standard InChI is InChI=1S/C18H11Br3N2O2/c1-24-17-10(6-8-4-2-3-5-9(8)13(17)20)18-23-16-12(25-18)7-11(19)15(22)14(16)21/h2-7H,22H2,1H3. The predicted molar refractivity (Wildman–Crippen MR) is 111 cm³/mol. The summed E-state index contributed by atoms with van der Waals surface area (Å²) in [5, 5.41) is 2.12. The molecule has 0 saturated carbocycles. The Labute approximate surface area is 168 Å². The molecule has 0 aliphatic carbocycles. The second kappa shape index (κ2) is 6.30. The molecule has 3 aromatic carbocycles. The van der Waals surface area contributed by atoms with Gasteiger partial charge in [0.2, 0.25) is 5.89 Å². The summed E-state index contributed by atoms with van der Waals surface area (Å²) in [6.45, 7) is 0. The number of hydrogen-bond acceptors (Lipinski definition) is 4. The van der Waals surface area contributed by atoms with Crippen LogP contribution in [0.25, 0.3) is 33.3 Å². The number of nitrogens with two attached hydrogens (primary N) is 1. The normalized spacial score (nSPS) is 11.4. The quantitative estimate of drug-likeness (QED) is 0.302. The molecule has 0 fully saturated rings. The molecule has 1 aromatic heterocycles. The van der Waals surface area contributed by atoms with E-state index in [-0.39, 0.29) is 0 Å². The van der Waals surface area contributed by atoms with Gasteiger partial charge in [0.25, 0.3) is 0 Å². The fourth-order valence-corrected chi connectivity index (χ4v) is 4.68. The Hall–Kier alpha value is -1.57. The number of aromatic nitrogens is 1. The largest absolute Gasteiger partial charge is 0.495 e. The van der Waals surface area contributed by atoms with E-state index in [9.17, 15) is 0 Å². The fourth-order valence-electron chi connectivity index (χ4n) is 2.77. The average molecular weight is 527 g/mol. The van der Waals surface area contributed by atoms with Crippen LogP contribution < -0.4 is 10.5 Å². The molecule has 7 heteroatoms. The maximum Gasteiger partial charge on any atom is 0.231 e. The fraction of sp³-hybridized carbons (Fsp3) is 0.0556. The number of oxazole rings is 1. The van der Waals surface area contributed by atoms with E-state index in [0.29, 0.717) is 32.9 Å². The molecule has 126 valence electrons. The van der Waals surface area contributed by atoms with Crippen molar-refractivity contribution in [2.75, 3.05) is 12.8 Å². The van der Waals surface area contributed by atoms with Gasteiger partial charge in [0.15, 0.2) is 5.58 Å². The van der Waals surface area contributed by atoms with Gasteiger partial charge in [-0.05, 0) is 70.7 Å². The van der Waals surface area contributed by atoms with E-state index in [1.807, 2.05) is 36.4 Å². The predicted octanol–water partition coefficient (Wildman–Crippen LogP) is 6.53. The van der Waals surface area contributed by atoms with Gasteiger partial charge in [0, 0.05) is 4.47 Å². The molecular weight excluding hydrogens is 516 g/mol. The van der Waals surface area contributed by atoms with Crippen LogP contribution in [0.4, 0.5) is 5.69 Å². The molecule has 4 nitrogen and oxygen atoms in total. The van der Waals surface area contributed by atoms with E-state index < -0.39 is 0 Å². The van der Waals surface area contributed by atoms with Crippen LogP contribution in [-0.2, 0) is 0 Å². The maximum absolute atomic E-state index is 6.04. The molecule has 4 aromatic rings. The SMILES string of the molecule is COc1c(-c2nc3c(Br)c(N)c(Br)cc3o2)cc2ccccc2c1Br. The van der Waals surface area contributed by atoms with Crippen molar-refractivity contribution in [1.29, 1.82) is 0 Å². The van der Waals surface area contributed by atoms with E-state index in [1.165, 1.54) is 0 Å². The van der Waals surface area contributed by atoms with Gasteiger partial charge in [0.1, 0.15) is 11.3 Å². The highest BCUT2D eigenvalue weighted by Gasteiger charge is 2.20. The van der Waals surface area contributed by atoms with E-state index in [4.69, 9.17) is 14.9 Å². The number of halogens is 3. The highest BCUT2D eigenvalue weighted by Crippen LogP contribution is 2.43. The van der Waals surface area contributed by atoms with Crippen LogP contribution in [0, 0.1) is 0 Å². The van der Waals surface area contributed by atoms with Crippen LogP contribution in [0.15, 0.2) is 54.2 Å². The molecular formula is C18H11Br3N2O2. The Morgan fingerprint density at radius 2 is 1.84 bits per heavy atom. The van der Waals surface area contributed by atoms with E-state index >= 15 is 0 Å². The number of methoxy groups -OCH3 is 1. The summed E-state index contributed by atoms with van der Waals surface area (Å²) >= 11 is 10.6. The molecule has 0 bridgehead atoms. The van der Waals surface area contributed by atoms with Crippen molar-refractivity contribution in [2.45, 2.75) is 0 Å². The number of rotatable bonds is 2. The van der Waals surface area contributed by atoms with Gasteiger partial charge in [-0.1, -0.05) is 24.3 Å². The number of benzene rings is 3. The van der Waals surface area contributed by atoms with Crippen LogP contribution in [-0.4, -0.2) is 12.1 Å². The van der Waals surface area contributed by atoms with Crippen molar-refractivity contribution in [3.63, 3.8) is 0 Å². The summed E-state index contributed by atoms with van der Waals surface area (Å²) in [6, 6.07) is 11.9. The minimum atomic E-state index is 0.469. The zero-order valence-electron chi connectivity index (χ0n) is 12.9. The first-order valence-electron chi connectivity index (χ1n) is 7.31. The van der Waals surface area contributed by atoms with Crippen molar-refractivity contribution in [3.05, 3.63) is 49.8 Å². The first kappa shape index (κ1) is 16.9. The van der Waals surface area contributed by atoms with E-state index in [1.54, 1.807) is 7.11 Å². The molecule has 0 saturated heterocycles. The molecule has 0 unspecified atom stereocenters. The maximum atomic E-state index is 6.04. The number of fused-ring (bicyclic) bond motifs is 2. The third-order valence-electron chi connectivity index (χ3n) is 3.99. The summed E-state index contributed by atoms with van der Waals surface area (Å²) in [4.78, 5) is 4.63. The molecule has 0 aliphatic heterocycles. The Morgan fingerprint density at radius 1 is 1.08 bits per heavy atom. The van der Waals surface area contributed by atoms with Crippen LogP contribution in [0.5, 0.6) is 5.75 Å². The molecule has 0 aliphatic rings. The van der Waals surface area contributed by atoms with Crippen molar-refractivity contribution >= 4 is 75.3 Å². The third-order valence-corrected chi connectivity index (χ3v) is 6.23. The summed E-state index contributed by atoms with van der Waals surface area (Å²) < 4.78 is 13.9.